The molecule has 0 aliphatic rings. The van der Waals surface area contributed by atoms with E-state index in [4.69, 9.17) is 4.42 Å². The number of unbranched alkanes of at least 4 members (excludes halogenated alkanes) is 1. The van der Waals surface area contributed by atoms with Crippen LogP contribution in [-0.2, 0) is 5.41 Å². The molecule has 0 spiro atoms. The van der Waals surface area contributed by atoms with Gasteiger partial charge in [-0.25, -0.2) is 4.39 Å². The summed E-state index contributed by atoms with van der Waals surface area (Å²) in [6, 6.07) is 1.38. The molecule has 0 amide bonds. The van der Waals surface area contributed by atoms with Crippen LogP contribution in [0.3, 0.4) is 0 Å². The SMILES string of the molecule is CCCCC(C)(C)c1occc1F. The van der Waals surface area contributed by atoms with E-state index in [1.54, 1.807) is 0 Å². The lowest BCUT2D eigenvalue weighted by Gasteiger charge is -2.21. The summed E-state index contributed by atoms with van der Waals surface area (Å²) >= 11 is 0. The van der Waals surface area contributed by atoms with E-state index in [1.165, 1.54) is 12.3 Å². The van der Waals surface area contributed by atoms with Crippen molar-refractivity contribution >= 4 is 0 Å². The highest BCUT2D eigenvalue weighted by Crippen LogP contribution is 2.31. The van der Waals surface area contributed by atoms with Crippen LogP contribution < -0.4 is 0 Å². The molecule has 0 saturated heterocycles. The smallest absolute Gasteiger partial charge is 0.165 e. The molecule has 0 bridgehead atoms. The molecule has 0 saturated carbocycles. The van der Waals surface area contributed by atoms with E-state index in [0.717, 1.165) is 19.3 Å². The Morgan fingerprint density at radius 3 is 2.62 bits per heavy atom. The van der Waals surface area contributed by atoms with Gasteiger partial charge in [0, 0.05) is 11.5 Å². The standard InChI is InChI=1S/C11H17FO/c1-4-5-7-11(2,3)10-9(12)6-8-13-10/h6,8H,4-5,7H2,1-3H3. The van der Waals surface area contributed by atoms with Gasteiger partial charge in [0.2, 0.25) is 0 Å². The zero-order valence-corrected chi connectivity index (χ0v) is 8.56. The molecule has 74 valence electrons. The van der Waals surface area contributed by atoms with Crippen LogP contribution in [0.4, 0.5) is 4.39 Å². The van der Waals surface area contributed by atoms with Crippen molar-refractivity contribution in [1.29, 1.82) is 0 Å². The van der Waals surface area contributed by atoms with Gasteiger partial charge in [0.05, 0.1) is 6.26 Å². The maximum absolute atomic E-state index is 13.2. The van der Waals surface area contributed by atoms with Gasteiger partial charge in [-0.05, 0) is 6.42 Å². The second-order valence-corrected chi connectivity index (χ2v) is 4.09. The molecule has 1 aromatic rings. The first-order valence-electron chi connectivity index (χ1n) is 4.81. The Bertz CT molecular complexity index is 263. The highest BCUT2D eigenvalue weighted by Gasteiger charge is 2.26. The van der Waals surface area contributed by atoms with Crippen molar-refractivity contribution in [3.63, 3.8) is 0 Å². The zero-order valence-electron chi connectivity index (χ0n) is 8.56. The van der Waals surface area contributed by atoms with E-state index in [1.807, 2.05) is 13.8 Å². The maximum atomic E-state index is 13.2. The lowest BCUT2D eigenvalue weighted by molar-refractivity contribution is 0.335. The summed E-state index contributed by atoms with van der Waals surface area (Å²) in [5, 5.41) is 0. The normalized spacial score (nSPS) is 12.0. The van der Waals surface area contributed by atoms with Crippen LogP contribution in [0, 0.1) is 5.82 Å². The van der Waals surface area contributed by atoms with E-state index < -0.39 is 0 Å². The molecular formula is C11H17FO. The van der Waals surface area contributed by atoms with Crippen LogP contribution in [-0.4, -0.2) is 0 Å². The van der Waals surface area contributed by atoms with Crippen molar-refractivity contribution in [1.82, 2.24) is 0 Å². The largest absolute Gasteiger partial charge is 0.466 e. The monoisotopic (exact) mass is 184 g/mol. The number of hydrogen-bond acceptors (Lipinski definition) is 1. The molecule has 0 aliphatic carbocycles. The van der Waals surface area contributed by atoms with Gasteiger partial charge in [-0.15, -0.1) is 0 Å². The fourth-order valence-corrected chi connectivity index (χ4v) is 1.51. The van der Waals surface area contributed by atoms with Crippen molar-refractivity contribution in [2.24, 2.45) is 0 Å². The highest BCUT2D eigenvalue weighted by atomic mass is 19.1. The van der Waals surface area contributed by atoms with E-state index >= 15 is 0 Å². The summed E-state index contributed by atoms with van der Waals surface area (Å²) in [7, 11) is 0. The Balaban J connectivity index is 2.74. The fourth-order valence-electron chi connectivity index (χ4n) is 1.51. The average molecular weight is 184 g/mol. The second-order valence-electron chi connectivity index (χ2n) is 4.09. The van der Waals surface area contributed by atoms with Gasteiger partial charge in [-0.1, -0.05) is 33.6 Å². The highest BCUT2D eigenvalue weighted by molar-refractivity contribution is 5.13. The topological polar surface area (TPSA) is 13.1 Å². The first-order valence-corrected chi connectivity index (χ1v) is 4.81. The van der Waals surface area contributed by atoms with Gasteiger partial charge in [-0.2, -0.15) is 0 Å². The molecule has 0 atom stereocenters. The summed E-state index contributed by atoms with van der Waals surface area (Å²) in [6.45, 7) is 6.17. The number of rotatable bonds is 4. The van der Waals surface area contributed by atoms with Crippen LogP contribution in [0.25, 0.3) is 0 Å². The first-order chi connectivity index (χ1) is 6.08. The van der Waals surface area contributed by atoms with Gasteiger partial charge >= 0.3 is 0 Å². The number of hydrogen-bond donors (Lipinski definition) is 0. The number of halogens is 1. The minimum atomic E-state index is -0.221. The molecule has 0 aliphatic heterocycles. The Kier molecular flexibility index (Phi) is 3.12. The molecule has 0 aromatic carbocycles. The molecule has 1 heterocycles. The summed E-state index contributed by atoms with van der Waals surface area (Å²) < 4.78 is 18.3. The summed E-state index contributed by atoms with van der Waals surface area (Å²) in [6.07, 6.45) is 4.62. The number of furan rings is 1. The van der Waals surface area contributed by atoms with E-state index in [0.29, 0.717) is 5.76 Å². The Labute approximate surface area is 78.9 Å². The minimum Gasteiger partial charge on any atom is -0.466 e. The summed E-state index contributed by atoms with van der Waals surface area (Å²) in [4.78, 5) is 0. The summed E-state index contributed by atoms with van der Waals surface area (Å²) in [5.41, 5.74) is -0.177. The molecular weight excluding hydrogens is 167 g/mol. The molecule has 1 nitrogen and oxygen atoms in total. The predicted octanol–water partition coefficient (Wildman–Crippen LogP) is 3.89. The zero-order chi connectivity index (χ0) is 9.90. The first kappa shape index (κ1) is 10.3. The van der Waals surface area contributed by atoms with E-state index in [2.05, 4.69) is 6.92 Å². The van der Waals surface area contributed by atoms with Crippen molar-refractivity contribution in [3.8, 4) is 0 Å². The van der Waals surface area contributed by atoms with Gasteiger partial charge < -0.3 is 4.42 Å². The van der Waals surface area contributed by atoms with E-state index in [9.17, 15) is 4.39 Å². The molecule has 1 aromatic heterocycles. The molecule has 2 heteroatoms. The van der Waals surface area contributed by atoms with Gasteiger partial charge in [-0.3, -0.25) is 0 Å². The van der Waals surface area contributed by atoms with Crippen molar-refractivity contribution in [2.45, 2.75) is 45.4 Å². The van der Waals surface area contributed by atoms with Gasteiger partial charge in [0.25, 0.3) is 0 Å². The average Bonchev–Trinajstić information content (AvgIpc) is 2.48. The maximum Gasteiger partial charge on any atom is 0.165 e. The Morgan fingerprint density at radius 1 is 1.46 bits per heavy atom. The molecule has 0 N–H and O–H groups in total. The molecule has 13 heavy (non-hydrogen) atoms. The van der Waals surface area contributed by atoms with Crippen molar-refractivity contribution in [3.05, 3.63) is 23.9 Å². The van der Waals surface area contributed by atoms with Crippen molar-refractivity contribution < 1.29 is 8.81 Å². The third kappa shape index (κ3) is 2.33. The van der Waals surface area contributed by atoms with Crippen LogP contribution in [0.15, 0.2) is 16.7 Å². The van der Waals surface area contributed by atoms with Crippen LogP contribution in [0.2, 0.25) is 0 Å². The third-order valence-corrected chi connectivity index (χ3v) is 2.39. The molecule has 0 fully saturated rings. The summed E-state index contributed by atoms with van der Waals surface area (Å²) in [5.74, 6) is 0.266. The van der Waals surface area contributed by atoms with E-state index in [-0.39, 0.29) is 11.2 Å². The molecule has 0 radical (unpaired) electrons. The molecule has 1 rings (SSSR count). The van der Waals surface area contributed by atoms with Crippen LogP contribution >= 0.6 is 0 Å². The van der Waals surface area contributed by atoms with Gasteiger partial charge in [0.15, 0.2) is 5.82 Å². The van der Waals surface area contributed by atoms with Crippen molar-refractivity contribution in [2.75, 3.05) is 0 Å². The van der Waals surface area contributed by atoms with Gasteiger partial charge in [0.1, 0.15) is 5.76 Å². The fraction of sp³-hybridized carbons (Fsp3) is 0.636. The molecule has 0 unspecified atom stereocenters. The van der Waals surface area contributed by atoms with Crippen LogP contribution in [0.1, 0.15) is 45.8 Å². The lowest BCUT2D eigenvalue weighted by Crippen LogP contribution is -2.17. The third-order valence-electron chi connectivity index (χ3n) is 2.39. The Morgan fingerprint density at radius 2 is 2.15 bits per heavy atom. The predicted molar refractivity (Wildman–Crippen MR) is 51.2 cm³/mol. The second kappa shape index (κ2) is 3.95. The van der Waals surface area contributed by atoms with Crippen LogP contribution in [0.5, 0.6) is 0 Å². The Hall–Kier alpha value is -0.790. The lowest BCUT2D eigenvalue weighted by atomic mass is 9.84. The minimum absolute atomic E-state index is 0.177. The quantitative estimate of drug-likeness (QED) is 0.692.